The molecule has 2 fully saturated rings. The van der Waals surface area contributed by atoms with Gasteiger partial charge in [0.1, 0.15) is 0 Å². The first-order valence-corrected chi connectivity index (χ1v) is 7.88. The van der Waals surface area contributed by atoms with Crippen LogP contribution < -0.4 is 10.6 Å². The van der Waals surface area contributed by atoms with Gasteiger partial charge in [-0.15, -0.1) is 0 Å². The Labute approximate surface area is 125 Å². The van der Waals surface area contributed by atoms with Crippen LogP contribution >= 0.6 is 11.6 Å². The second kappa shape index (κ2) is 6.15. The van der Waals surface area contributed by atoms with Crippen molar-refractivity contribution >= 4 is 17.5 Å². The number of amides is 1. The van der Waals surface area contributed by atoms with Gasteiger partial charge in [0.15, 0.2) is 0 Å². The summed E-state index contributed by atoms with van der Waals surface area (Å²) in [5.74, 6) is 0.418. The number of nitrogens with one attached hydrogen (secondary N) is 2. The molecule has 0 aliphatic heterocycles. The van der Waals surface area contributed by atoms with Crippen molar-refractivity contribution in [3.8, 4) is 0 Å². The average Bonchev–Trinajstić information content (AvgIpc) is 3.30. The van der Waals surface area contributed by atoms with Crippen molar-refractivity contribution in [2.45, 2.75) is 44.7 Å². The highest BCUT2D eigenvalue weighted by molar-refractivity contribution is 6.31. The van der Waals surface area contributed by atoms with Gasteiger partial charge < -0.3 is 10.6 Å². The summed E-state index contributed by atoms with van der Waals surface area (Å²) >= 11 is 6.20. The number of benzene rings is 1. The van der Waals surface area contributed by atoms with E-state index in [-0.39, 0.29) is 11.8 Å². The zero-order valence-corrected chi connectivity index (χ0v) is 12.4. The molecule has 2 N–H and O–H groups in total. The SMILES string of the molecule is O=C(NCc1cc(CCNC2CC2)ccc1Cl)C1CC1. The third-order valence-electron chi connectivity index (χ3n) is 3.94. The molecule has 1 aromatic carbocycles. The van der Waals surface area contributed by atoms with Crippen molar-refractivity contribution in [2.75, 3.05) is 6.54 Å². The maximum Gasteiger partial charge on any atom is 0.223 e. The molecule has 0 saturated heterocycles. The van der Waals surface area contributed by atoms with Crippen LogP contribution in [0.2, 0.25) is 5.02 Å². The molecular weight excluding hydrogens is 272 g/mol. The molecule has 2 aliphatic rings. The van der Waals surface area contributed by atoms with Crippen LogP contribution in [0.5, 0.6) is 0 Å². The minimum absolute atomic E-state index is 0.168. The molecule has 108 valence electrons. The monoisotopic (exact) mass is 292 g/mol. The normalized spacial score (nSPS) is 18.1. The van der Waals surface area contributed by atoms with Crippen molar-refractivity contribution in [3.05, 3.63) is 34.3 Å². The van der Waals surface area contributed by atoms with Gasteiger partial charge in [-0.25, -0.2) is 0 Å². The summed E-state index contributed by atoms with van der Waals surface area (Å²) < 4.78 is 0. The van der Waals surface area contributed by atoms with E-state index in [1.807, 2.05) is 6.07 Å². The molecule has 0 aromatic heterocycles. The van der Waals surface area contributed by atoms with Gasteiger partial charge in [-0.2, -0.15) is 0 Å². The average molecular weight is 293 g/mol. The van der Waals surface area contributed by atoms with E-state index in [0.29, 0.717) is 6.54 Å². The second-order valence-electron chi connectivity index (χ2n) is 5.90. The van der Waals surface area contributed by atoms with Gasteiger partial charge in [0.2, 0.25) is 5.91 Å². The van der Waals surface area contributed by atoms with Crippen LogP contribution in [0.1, 0.15) is 36.8 Å². The zero-order valence-electron chi connectivity index (χ0n) is 11.6. The second-order valence-corrected chi connectivity index (χ2v) is 6.30. The fraction of sp³-hybridized carbons (Fsp3) is 0.562. The quantitative estimate of drug-likeness (QED) is 0.811. The van der Waals surface area contributed by atoms with Crippen LogP contribution in [0.3, 0.4) is 0 Å². The maximum absolute atomic E-state index is 11.7. The zero-order chi connectivity index (χ0) is 13.9. The van der Waals surface area contributed by atoms with Crippen LogP contribution in [0, 0.1) is 5.92 Å². The Balaban J connectivity index is 1.52. The lowest BCUT2D eigenvalue weighted by Crippen LogP contribution is -2.24. The molecule has 20 heavy (non-hydrogen) atoms. The van der Waals surface area contributed by atoms with Gasteiger partial charge in [0.25, 0.3) is 0 Å². The number of hydrogen-bond donors (Lipinski definition) is 2. The van der Waals surface area contributed by atoms with Crippen LogP contribution in [-0.4, -0.2) is 18.5 Å². The largest absolute Gasteiger partial charge is 0.352 e. The summed E-state index contributed by atoms with van der Waals surface area (Å²) in [5, 5.41) is 7.22. The molecular formula is C16H21ClN2O. The number of carbonyl (C=O) groups is 1. The van der Waals surface area contributed by atoms with Crippen molar-refractivity contribution in [2.24, 2.45) is 5.92 Å². The van der Waals surface area contributed by atoms with E-state index >= 15 is 0 Å². The lowest BCUT2D eigenvalue weighted by Gasteiger charge is -2.09. The Morgan fingerprint density at radius 1 is 1.25 bits per heavy atom. The van der Waals surface area contributed by atoms with E-state index in [4.69, 9.17) is 11.6 Å². The van der Waals surface area contributed by atoms with Crippen LogP contribution in [-0.2, 0) is 17.8 Å². The first kappa shape index (κ1) is 13.9. The van der Waals surface area contributed by atoms with Crippen LogP contribution in [0.4, 0.5) is 0 Å². The van der Waals surface area contributed by atoms with Gasteiger partial charge >= 0.3 is 0 Å². The summed E-state index contributed by atoms with van der Waals surface area (Å²) in [4.78, 5) is 11.7. The standard InChI is InChI=1S/C16H21ClN2O/c17-15-6-1-11(7-8-18-14-4-5-14)9-13(15)10-19-16(20)12-2-3-12/h1,6,9,12,14,18H,2-5,7-8,10H2,(H,19,20). The van der Waals surface area contributed by atoms with Gasteiger partial charge in [0, 0.05) is 23.5 Å². The Hall–Kier alpha value is -1.06. The van der Waals surface area contributed by atoms with Crippen molar-refractivity contribution < 1.29 is 4.79 Å². The van der Waals surface area contributed by atoms with Crippen LogP contribution in [0.15, 0.2) is 18.2 Å². The third kappa shape index (κ3) is 3.97. The summed E-state index contributed by atoms with van der Waals surface area (Å²) in [6.07, 6.45) is 5.72. The Kier molecular flexibility index (Phi) is 4.27. The third-order valence-corrected chi connectivity index (χ3v) is 4.30. The predicted octanol–water partition coefficient (Wildman–Crippen LogP) is 2.66. The number of rotatable bonds is 7. The molecule has 2 aliphatic carbocycles. The minimum Gasteiger partial charge on any atom is -0.352 e. The molecule has 1 amide bonds. The molecule has 0 bridgehead atoms. The smallest absolute Gasteiger partial charge is 0.223 e. The molecule has 0 atom stereocenters. The molecule has 1 aromatic rings. The van der Waals surface area contributed by atoms with E-state index in [1.54, 1.807) is 0 Å². The highest BCUT2D eigenvalue weighted by Gasteiger charge is 2.29. The Bertz CT molecular complexity index is 495. The lowest BCUT2D eigenvalue weighted by molar-refractivity contribution is -0.122. The van der Waals surface area contributed by atoms with E-state index in [1.165, 1.54) is 18.4 Å². The highest BCUT2D eigenvalue weighted by Crippen LogP contribution is 2.29. The molecule has 4 heteroatoms. The first-order chi connectivity index (χ1) is 9.72. The van der Waals surface area contributed by atoms with Gasteiger partial charge in [-0.1, -0.05) is 23.7 Å². The van der Waals surface area contributed by atoms with Crippen molar-refractivity contribution in [1.29, 1.82) is 0 Å². The fourth-order valence-electron chi connectivity index (χ4n) is 2.30. The van der Waals surface area contributed by atoms with E-state index in [0.717, 1.165) is 42.4 Å². The molecule has 0 radical (unpaired) electrons. The molecule has 0 spiro atoms. The fourth-order valence-corrected chi connectivity index (χ4v) is 2.48. The lowest BCUT2D eigenvalue weighted by atomic mass is 10.1. The Morgan fingerprint density at radius 3 is 2.75 bits per heavy atom. The predicted molar refractivity (Wildman–Crippen MR) is 80.8 cm³/mol. The molecule has 3 nitrogen and oxygen atoms in total. The Morgan fingerprint density at radius 2 is 2.05 bits per heavy atom. The van der Waals surface area contributed by atoms with E-state index < -0.39 is 0 Å². The van der Waals surface area contributed by atoms with Gasteiger partial charge in [-0.3, -0.25) is 4.79 Å². The van der Waals surface area contributed by atoms with Crippen molar-refractivity contribution in [1.82, 2.24) is 10.6 Å². The molecule has 3 rings (SSSR count). The molecule has 0 heterocycles. The van der Waals surface area contributed by atoms with E-state index in [9.17, 15) is 4.79 Å². The first-order valence-electron chi connectivity index (χ1n) is 7.51. The molecule has 0 unspecified atom stereocenters. The number of carbonyl (C=O) groups excluding carboxylic acids is 1. The van der Waals surface area contributed by atoms with E-state index in [2.05, 4.69) is 22.8 Å². The topological polar surface area (TPSA) is 41.1 Å². The maximum atomic E-state index is 11.7. The summed E-state index contributed by atoms with van der Waals surface area (Å²) in [6, 6.07) is 6.87. The number of halogens is 1. The van der Waals surface area contributed by atoms with Gasteiger partial charge in [-0.05, 0) is 55.8 Å². The van der Waals surface area contributed by atoms with Crippen LogP contribution in [0.25, 0.3) is 0 Å². The summed E-state index contributed by atoms with van der Waals surface area (Å²) in [6.45, 7) is 1.55. The van der Waals surface area contributed by atoms with Gasteiger partial charge in [0.05, 0.1) is 0 Å². The summed E-state index contributed by atoms with van der Waals surface area (Å²) in [7, 11) is 0. The minimum atomic E-state index is 0.168. The highest BCUT2D eigenvalue weighted by atomic mass is 35.5. The summed E-state index contributed by atoms with van der Waals surface area (Å²) in [5.41, 5.74) is 2.29. The van der Waals surface area contributed by atoms with Crippen molar-refractivity contribution in [3.63, 3.8) is 0 Å². The number of hydrogen-bond acceptors (Lipinski definition) is 2. The molecule has 2 saturated carbocycles.